The Labute approximate surface area is 111 Å². The van der Waals surface area contributed by atoms with Crippen molar-refractivity contribution in [3.8, 4) is 0 Å². The molecule has 94 valence electrons. The molecule has 0 bridgehead atoms. The number of benzene rings is 1. The maximum atomic E-state index is 11.4. The molecule has 1 aliphatic heterocycles. The van der Waals surface area contributed by atoms with E-state index in [1.54, 1.807) is 18.2 Å². The summed E-state index contributed by atoms with van der Waals surface area (Å²) in [5.41, 5.74) is 0.615. The van der Waals surface area contributed by atoms with Crippen LogP contribution in [0.15, 0.2) is 45.3 Å². The lowest BCUT2D eigenvalue weighted by molar-refractivity contribution is -0.112. The zero-order chi connectivity index (χ0) is 13.4. The van der Waals surface area contributed by atoms with Crippen LogP contribution in [0.1, 0.15) is 10.4 Å². The van der Waals surface area contributed by atoms with Gasteiger partial charge in [-0.3, -0.25) is 14.4 Å². The molecule has 0 unspecified atom stereocenters. The van der Waals surface area contributed by atoms with Crippen LogP contribution in [0.3, 0.4) is 0 Å². The number of ketones is 1. The van der Waals surface area contributed by atoms with E-state index in [0.29, 0.717) is 16.4 Å². The Bertz CT molecular complexity index is 754. The van der Waals surface area contributed by atoms with Crippen LogP contribution in [0.4, 0.5) is 5.69 Å². The molecule has 0 saturated carbocycles. The van der Waals surface area contributed by atoms with Gasteiger partial charge < -0.3 is 10.3 Å². The van der Waals surface area contributed by atoms with Gasteiger partial charge in [0.2, 0.25) is 0 Å². The summed E-state index contributed by atoms with van der Waals surface area (Å²) in [5.74, 6) is -1.15. The maximum Gasteiger partial charge on any atom is 0.296 e. The Hall–Kier alpha value is -2.41. The summed E-state index contributed by atoms with van der Waals surface area (Å²) in [5, 5.41) is 2.94. The molecule has 19 heavy (non-hydrogen) atoms. The first-order valence-electron chi connectivity index (χ1n) is 5.36. The van der Waals surface area contributed by atoms with Crippen molar-refractivity contribution in [2.75, 3.05) is 5.32 Å². The van der Waals surface area contributed by atoms with Crippen molar-refractivity contribution in [2.24, 2.45) is 0 Å². The fourth-order valence-electron chi connectivity index (χ4n) is 1.71. The highest BCUT2D eigenvalue weighted by atomic mass is 32.2. The summed E-state index contributed by atoms with van der Waals surface area (Å²) >= 11 is 1.24. The molecule has 7 heteroatoms. The summed E-state index contributed by atoms with van der Waals surface area (Å²) in [7, 11) is 0. The molecule has 1 aliphatic rings. The van der Waals surface area contributed by atoms with Crippen molar-refractivity contribution in [3.63, 3.8) is 0 Å². The third-order valence-electron chi connectivity index (χ3n) is 2.55. The lowest BCUT2D eigenvalue weighted by Crippen LogP contribution is -2.12. The number of rotatable bonds is 2. The first-order valence-corrected chi connectivity index (χ1v) is 6.18. The zero-order valence-corrected chi connectivity index (χ0v) is 10.3. The van der Waals surface area contributed by atoms with Crippen LogP contribution in [0.2, 0.25) is 0 Å². The van der Waals surface area contributed by atoms with E-state index in [9.17, 15) is 14.4 Å². The van der Waals surface area contributed by atoms with Crippen LogP contribution < -0.4 is 10.9 Å². The summed E-state index contributed by atoms with van der Waals surface area (Å²) in [6, 6.07) is 6.29. The van der Waals surface area contributed by atoms with Gasteiger partial charge in [0.05, 0.1) is 11.3 Å². The zero-order valence-electron chi connectivity index (χ0n) is 9.47. The van der Waals surface area contributed by atoms with E-state index < -0.39 is 11.7 Å². The van der Waals surface area contributed by atoms with E-state index >= 15 is 0 Å². The van der Waals surface area contributed by atoms with Crippen molar-refractivity contribution >= 4 is 29.1 Å². The van der Waals surface area contributed by atoms with Gasteiger partial charge in [0.15, 0.2) is 5.16 Å². The van der Waals surface area contributed by atoms with Gasteiger partial charge in [0.25, 0.3) is 17.2 Å². The molecule has 3 rings (SSSR count). The lowest BCUT2D eigenvalue weighted by atomic mass is 10.1. The normalized spacial score (nSPS) is 13.3. The van der Waals surface area contributed by atoms with Crippen molar-refractivity contribution in [3.05, 3.63) is 46.4 Å². The number of nitrogens with zero attached hydrogens (tertiary/aromatic N) is 1. The summed E-state index contributed by atoms with van der Waals surface area (Å²) in [6.45, 7) is 0. The molecular weight excluding hydrogens is 266 g/mol. The second-order valence-corrected chi connectivity index (χ2v) is 4.89. The quantitative estimate of drug-likeness (QED) is 0.630. The largest absolute Gasteiger partial charge is 0.318 e. The minimum Gasteiger partial charge on any atom is -0.318 e. The van der Waals surface area contributed by atoms with E-state index in [4.69, 9.17) is 0 Å². The summed E-state index contributed by atoms with van der Waals surface area (Å²) in [4.78, 5) is 41.2. The van der Waals surface area contributed by atoms with Gasteiger partial charge in [-0.1, -0.05) is 11.8 Å². The van der Waals surface area contributed by atoms with E-state index in [1.165, 1.54) is 24.0 Å². The predicted molar refractivity (Wildman–Crippen MR) is 68.4 cm³/mol. The maximum absolute atomic E-state index is 11.4. The molecule has 2 aromatic rings. The number of nitrogens with one attached hydrogen (secondary N) is 2. The van der Waals surface area contributed by atoms with Crippen LogP contribution in [-0.4, -0.2) is 21.7 Å². The van der Waals surface area contributed by atoms with Crippen molar-refractivity contribution in [1.29, 1.82) is 0 Å². The third kappa shape index (κ3) is 2.15. The van der Waals surface area contributed by atoms with Gasteiger partial charge in [-0.25, -0.2) is 4.98 Å². The van der Waals surface area contributed by atoms with Crippen LogP contribution in [0.25, 0.3) is 0 Å². The lowest BCUT2D eigenvalue weighted by Gasteiger charge is -2.02. The molecule has 0 atom stereocenters. The number of aromatic amines is 1. The monoisotopic (exact) mass is 273 g/mol. The number of H-pyrrole nitrogens is 1. The van der Waals surface area contributed by atoms with Gasteiger partial charge in [-0.05, 0) is 18.2 Å². The highest BCUT2D eigenvalue weighted by molar-refractivity contribution is 7.99. The van der Waals surface area contributed by atoms with Gasteiger partial charge in [-0.2, -0.15) is 0 Å². The van der Waals surface area contributed by atoms with Crippen LogP contribution in [-0.2, 0) is 4.79 Å². The Balaban J connectivity index is 1.92. The fraction of sp³-hybridized carbons (Fsp3) is 0. The average Bonchev–Trinajstić information content (AvgIpc) is 2.65. The minimum atomic E-state index is -0.622. The molecular formula is C12H7N3O3S. The highest BCUT2D eigenvalue weighted by Gasteiger charge is 2.27. The summed E-state index contributed by atoms with van der Waals surface area (Å²) < 4.78 is 0. The molecule has 0 radical (unpaired) electrons. The SMILES string of the molecule is O=C1Nc2cc(Sc3nccc(=O)[nH]3)ccc2C1=O. The number of hydrogen-bond acceptors (Lipinski definition) is 5. The van der Waals surface area contributed by atoms with Gasteiger partial charge in [0, 0.05) is 17.2 Å². The Kier molecular flexibility index (Phi) is 2.68. The molecule has 1 amide bonds. The van der Waals surface area contributed by atoms with Crippen LogP contribution in [0, 0.1) is 0 Å². The number of hydrogen-bond donors (Lipinski definition) is 2. The standard InChI is InChI=1S/C12H7N3O3S/c16-9-3-4-13-12(15-9)19-6-1-2-7-8(5-6)14-11(18)10(7)17/h1-5H,(H,13,15,16)(H,14,17,18). The first kappa shape index (κ1) is 11.7. The molecule has 1 aromatic heterocycles. The van der Waals surface area contributed by atoms with Gasteiger partial charge in [-0.15, -0.1) is 0 Å². The third-order valence-corrected chi connectivity index (χ3v) is 3.44. The topological polar surface area (TPSA) is 91.9 Å². The molecule has 0 aliphatic carbocycles. The van der Waals surface area contributed by atoms with Crippen molar-refractivity contribution in [2.45, 2.75) is 10.1 Å². The number of amides is 1. The Morgan fingerprint density at radius 1 is 1.11 bits per heavy atom. The molecule has 0 fully saturated rings. The van der Waals surface area contributed by atoms with Crippen LogP contribution >= 0.6 is 11.8 Å². The molecule has 2 heterocycles. The number of Topliss-reactive ketones (excluding diaryl/α,β-unsaturated/α-hetero) is 1. The van der Waals surface area contributed by atoms with E-state index in [0.717, 1.165) is 4.90 Å². The number of fused-ring (bicyclic) bond motifs is 1. The molecule has 0 saturated heterocycles. The number of aromatic nitrogens is 2. The molecule has 0 spiro atoms. The van der Waals surface area contributed by atoms with Crippen molar-refractivity contribution in [1.82, 2.24) is 9.97 Å². The van der Waals surface area contributed by atoms with Crippen molar-refractivity contribution < 1.29 is 9.59 Å². The number of anilines is 1. The first-order chi connectivity index (χ1) is 9.13. The Morgan fingerprint density at radius 2 is 1.95 bits per heavy atom. The second kappa shape index (κ2) is 4.36. The van der Waals surface area contributed by atoms with Gasteiger partial charge in [0.1, 0.15) is 0 Å². The predicted octanol–water partition coefficient (Wildman–Crippen LogP) is 1.06. The minimum absolute atomic E-state index is 0.234. The van der Waals surface area contributed by atoms with E-state index in [-0.39, 0.29) is 5.56 Å². The number of carbonyl (C=O) groups is 2. The smallest absolute Gasteiger partial charge is 0.296 e. The van der Waals surface area contributed by atoms with Gasteiger partial charge >= 0.3 is 0 Å². The molecule has 6 nitrogen and oxygen atoms in total. The molecule has 2 N–H and O–H groups in total. The van der Waals surface area contributed by atoms with E-state index in [2.05, 4.69) is 15.3 Å². The Morgan fingerprint density at radius 3 is 2.74 bits per heavy atom. The average molecular weight is 273 g/mol. The molecule has 1 aromatic carbocycles. The fourth-order valence-corrected chi connectivity index (χ4v) is 2.51. The van der Waals surface area contributed by atoms with E-state index in [1.807, 2.05) is 0 Å². The summed E-state index contributed by atoms with van der Waals surface area (Å²) in [6.07, 6.45) is 1.42. The highest BCUT2D eigenvalue weighted by Crippen LogP contribution is 2.31. The number of carbonyl (C=O) groups excluding carboxylic acids is 2. The van der Waals surface area contributed by atoms with Crippen LogP contribution in [0.5, 0.6) is 0 Å². The second-order valence-electron chi connectivity index (χ2n) is 3.83.